The van der Waals surface area contributed by atoms with Crippen LogP contribution in [0.2, 0.25) is 0 Å². The van der Waals surface area contributed by atoms with Gasteiger partial charge in [-0.3, -0.25) is 9.59 Å². The van der Waals surface area contributed by atoms with Gasteiger partial charge in [0, 0.05) is 25.9 Å². The smallest absolute Gasteiger partial charge is 0.220 e. The molecule has 104 valence electrons. The van der Waals surface area contributed by atoms with Crippen LogP contribution in [-0.4, -0.2) is 24.9 Å². The predicted octanol–water partition coefficient (Wildman–Crippen LogP) is 1.65. The van der Waals surface area contributed by atoms with Crippen LogP contribution < -0.4 is 10.6 Å². The molecule has 1 rings (SSSR count). The molecule has 0 fully saturated rings. The number of rotatable bonds is 8. The number of aryl methyl sites for hydroxylation is 1. The summed E-state index contributed by atoms with van der Waals surface area (Å²) in [7, 11) is 0. The lowest BCUT2D eigenvalue weighted by atomic mass is 10.1. The molecule has 2 N–H and O–H groups in total. The highest BCUT2D eigenvalue weighted by atomic mass is 16.2. The minimum Gasteiger partial charge on any atom is -0.354 e. The zero-order valence-electron chi connectivity index (χ0n) is 11.4. The summed E-state index contributed by atoms with van der Waals surface area (Å²) in [5.41, 5.74) is 1.16. The van der Waals surface area contributed by atoms with Crippen LogP contribution >= 0.6 is 0 Å². The van der Waals surface area contributed by atoms with E-state index in [1.807, 2.05) is 37.3 Å². The SMILES string of the molecule is CCCC(=O)NCCNC(=O)CCc1ccccc1. The van der Waals surface area contributed by atoms with Gasteiger partial charge in [-0.25, -0.2) is 0 Å². The highest BCUT2D eigenvalue weighted by Gasteiger charge is 2.02. The third-order valence-electron chi connectivity index (χ3n) is 2.73. The Morgan fingerprint density at radius 2 is 1.53 bits per heavy atom. The number of amides is 2. The molecule has 1 aromatic carbocycles. The Labute approximate surface area is 114 Å². The van der Waals surface area contributed by atoms with Gasteiger partial charge < -0.3 is 10.6 Å². The van der Waals surface area contributed by atoms with E-state index in [1.165, 1.54) is 0 Å². The van der Waals surface area contributed by atoms with Crippen LogP contribution in [0.4, 0.5) is 0 Å². The fraction of sp³-hybridized carbons (Fsp3) is 0.467. The Kier molecular flexibility index (Phi) is 7.32. The van der Waals surface area contributed by atoms with E-state index in [0.717, 1.165) is 18.4 Å². The van der Waals surface area contributed by atoms with Gasteiger partial charge in [0.05, 0.1) is 0 Å². The van der Waals surface area contributed by atoms with E-state index in [0.29, 0.717) is 25.9 Å². The van der Waals surface area contributed by atoms with Crippen molar-refractivity contribution in [1.29, 1.82) is 0 Å². The van der Waals surface area contributed by atoms with Crippen molar-refractivity contribution >= 4 is 11.8 Å². The molecule has 0 aliphatic carbocycles. The van der Waals surface area contributed by atoms with Gasteiger partial charge in [0.1, 0.15) is 0 Å². The Morgan fingerprint density at radius 1 is 0.947 bits per heavy atom. The molecular weight excluding hydrogens is 240 g/mol. The molecule has 0 saturated carbocycles. The molecule has 0 aliphatic heterocycles. The van der Waals surface area contributed by atoms with Gasteiger partial charge >= 0.3 is 0 Å². The standard InChI is InChI=1S/C15H22N2O2/c1-2-6-14(18)16-11-12-17-15(19)10-9-13-7-4-3-5-8-13/h3-5,7-8H,2,6,9-12H2,1H3,(H,16,18)(H,17,19). The molecule has 0 atom stereocenters. The average Bonchev–Trinajstić information content (AvgIpc) is 2.43. The normalized spacial score (nSPS) is 9.95. The Bertz CT molecular complexity index is 390. The molecule has 1 aromatic rings. The predicted molar refractivity (Wildman–Crippen MR) is 75.7 cm³/mol. The van der Waals surface area contributed by atoms with Crippen molar-refractivity contribution in [1.82, 2.24) is 10.6 Å². The minimum atomic E-state index is 0.0218. The lowest BCUT2D eigenvalue weighted by molar-refractivity contribution is -0.122. The zero-order valence-corrected chi connectivity index (χ0v) is 11.4. The molecule has 0 radical (unpaired) electrons. The van der Waals surface area contributed by atoms with Crippen LogP contribution in [0.5, 0.6) is 0 Å². The molecular formula is C15H22N2O2. The first kappa shape index (κ1) is 15.2. The molecule has 19 heavy (non-hydrogen) atoms. The summed E-state index contributed by atoms with van der Waals surface area (Å²) in [6, 6.07) is 9.92. The zero-order chi connectivity index (χ0) is 13.9. The van der Waals surface area contributed by atoms with Crippen LogP contribution in [0, 0.1) is 0 Å². The third kappa shape index (κ3) is 7.24. The van der Waals surface area contributed by atoms with Crippen molar-refractivity contribution in [3.63, 3.8) is 0 Å². The number of carbonyl (C=O) groups excluding carboxylic acids is 2. The molecule has 0 bridgehead atoms. The van der Waals surface area contributed by atoms with Crippen LogP contribution in [0.3, 0.4) is 0 Å². The summed E-state index contributed by atoms with van der Waals surface area (Å²) in [6.45, 7) is 2.95. The van der Waals surface area contributed by atoms with E-state index in [1.54, 1.807) is 0 Å². The van der Waals surface area contributed by atoms with E-state index >= 15 is 0 Å². The Morgan fingerprint density at radius 3 is 2.11 bits per heavy atom. The lowest BCUT2D eigenvalue weighted by Gasteiger charge is -2.06. The number of carbonyl (C=O) groups is 2. The fourth-order valence-electron chi connectivity index (χ4n) is 1.71. The quantitative estimate of drug-likeness (QED) is 0.700. The van der Waals surface area contributed by atoms with Crippen molar-refractivity contribution in [2.45, 2.75) is 32.6 Å². The molecule has 0 saturated heterocycles. The Hall–Kier alpha value is -1.84. The number of hydrogen-bond acceptors (Lipinski definition) is 2. The molecule has 2 amide bonds. The van der Waals surface area contributed by atoms with E-state index in [-0.39, 0.29) is 11.8 Å². The third-order valence-corrected chi connectivity index (χ3v) is 2.73. The first-order chi connectivity index (χ1) is 9.22. The molecule has 4 nitrogen and oxygen atoms in total. The molecule has 4 heteroatoms. The average molecular weight is 262 g/mol. The number of nitrogens with one attached hydrogen (secondary N) is 2. The molecule has 0 unspecified atom stereocenters. The van der Waals surface area contributed by atoms with Crippen LogP contribution in [0.15, 0.2) is 30.3 Å². The second-order valence-corrected chi connectivity index (χ2v) is 4.44. The maximum Gasteiger partial charge on any atom is 0.220 e. The van der Waals surface area contributed by atoms with Crippen molar-refractivity contribution in [2.75, 3.05) is 13.1 Å². The van der Waals surface area contributed by atoms with Gasteiger partial charge in [-0.1, -0.05) is 37.3 Å². The second-order valence-electron chi connectivity index (χ2n) is 4.44. The van der Waals surface area contributed by atoms with Crippen molar-refractivity contribution < 1.29 is 9.59 Å². The minimum absolute atomic E-state index is 0.0218. The van der Waals surface area contributed by atoms with Crippen LogP contribution in [0.25, 0.3) is 0 Å². The van der Waals surface area contributed by atoms with Crippen molar-refractivity contribution in [3.05, 3.63) is 35.9 Å². The maximum atomic E-state index is 11.6. The lowest BCUT2D eigenvalue weighted by Crippen LogP contribution is -2.34. The van der Waals surface area contributed by atoms with E-state index < -0.39 is 0 Å². The molecule has 0 spiro atoms. The van der Waals surface area contributed by atoms with Gasteiger partial charge in [-0.05, 0) is 18.4 Å². The fourth-order valence-corrected chi connectivity index (χ4v) is 1.71. The molecule has 0 aromatic heterocycles. The largest absolute Gasteiger partial charge is 0.354 e. The highest BCUT2D eigenvalue weighted by molar-refractivity contribution is 5.77. The van der Waals surface area contributed by atoms with Crippen LogP contribution in [-0.2, 0) is 16.0 Å². The summed E-state index contributed by atoms with van der Waals surface area (Å²) in [4.78, 5) is 22.7. The number of benzene rings is 1. The second kappa shape index (κ2) is 9.14. The highest BCUT2D eigenvalue weighted by Crippen LogP contribution is 2.01. The Balaban J connectivity index is 2.07. The van der Waals surface area contributed by atoms with Crippen LogP contribution in [0.1, 0.15) is 31.7 Å². The maximum absolute atomic E-state index is 11.6. The summed E-state index contributed by atoms with van der Waals surface area (Å²) in [6.07, 6.45) is 2.61. The first-order valence-electron chi connectivity index (χ1n) is 6.79. The van der Waals surface area contributed by atoms with Crippen molar-refractivity contribution in [2.24, 2.45) is 0 Å². The first-order valence-corrected chi connectivity index (χ1v) is 6.79. The van der Waals surface area contributed by atoms with Gasteiger partial charge in [0.25, 0.3) is 0 Å². The van der Waals surface area contributed by atoms with E-state index in [9.17, 15) is 9.59 Å². The summed E-state index contributed by atoms with van der Waals surface area (Å²) < 4.78 is 0. The van der Waals surface area contributed by atoms with Gasteiger partial charge in [0.2, 0.25) is 11.8 Å². The topological polar surface area (TPSA) is 58.2 Å². The van der Waals surface area contributed by atoms with E-state index in [2.05, 4.69) is 10.6 Å². The van der Waals surface area contributed by atoms with Gasteiger partial charge in [0.15, 0.2) is 0 Å². The summed E-state index contributed by atoms with van der Waals surface area (Å²) in [5.74, 6) is 0.0645. The molecule has 0 aliphatic rings. The summed E-state index contributed by atoms with van der Waals surface area (Å²) in [5, 5.41) is 5.56. The van der Waals surface area contributed by atoms with Gasteiger partial charge in [-0.2, -0.15) is 0 Å². The van der Waals surface area contributed by atoms with E-state index in [4.69, 9.17) is 0 Å². The molecule has 0 heterocycles. The summed E-state index contributed by atoms with van der Waals surface area (Å²) >= 11 is 0. The monoisotopic (exact) mass is 262 g/mol. The number of hydrogen-bond donors (Lipinski definition) is 2. The van der Waals surface area contributed by atoms with Crippen molar-refractivity contribution in [3.8, 4) is 0 Å². The van der Waals surface area contributed by atoms with Gasteiger partial charge in [-0.15, -0.1) is 0 Å².